The molecule has 0 aliphatic heterocycles. The molecule has 0 spiro atoms. The molecule has 0 aliphatic rings. The standard InChI is InChI=1S/C83H162O17P2/c1-8-9-10-11-12-13-14-15-16-17-21-24-27-30-35-43-50-57-64-80(85)93-70-78(99-82(87)66-59-52-45-36-31-28-25-22-19-18-20-23-26-29-33-40-47-54-61-74(2)3)72-97-101(89,90)95-68-77(84)69-96-102(91,92)98-73-79(71-94-81(86)65-58-51-44-39-38-42-49-56-63-76(6)7)100-83(88)67-60-53-46-37-32-34-41-48-55-62-75(4)5/h74-79,84H,8-73H2,1-7H3,(H,89,90)(H,91,92)/t77-,78-,79-/m1/s1. The lowest BCUT2D eigenvalue weighted by Crippen LogP contribution is -2.30. The van der Waals surface area contributed by atoms with Crippen molar-refractivity contribution in [2.45, 2.75) is 452 Å². The van der Waals surface area contributed by atoms with Crippen LogP contribution in [0.15, 0.2) is 0 Å². The van der Waals surface area contributed by atoms with Crippen LogP contribution in [0.1, 0.15) is 434 Å². The van der Waals surface area contributed by atoms with E-state index >= 15 is 0 Å². The number of ether oxygens (including phenoxy) is 4. The number of phosphoric acid groups is 2. The van der Waals surface area contributed by atoms with Crippen LogP contribution in [0.25, 0.3) is 0 Å². The maximum absolute atomic E-state index is 13.1. The van der Waals surface area contributed by atoms with Gasteiger partial charge in [0.25, 0.3) is 0 Å². The number of carbonyl (C=O) groups excluding carboxylic acids is 4. The van der Waals surface area contributed by atoms with Crippen LogP contribution in [0.3, 0.4) is 0 Å². The molecule has 0 aliphatic carbocycles. The Morgan fingerprint density at radius 1 is 0.265 bits per heavy atom. The largest absolute Gasteiger partial charge is 0.472 e. The second-order valence-electron chi connectivity index (χ2n) is 31.3. The zero-order valence-corrected chi connectivity index (χ0v) is 68.9. The highest BCUT2D eigenvalue weighted by molar-refractivity contribution is 7.47. The van der Waals surface area contributed by atoms with E-state index in [9.17, 15) is 43.2 Å². The average molecular weight is 1490 g/mol. The summed E-state index contributed by atoms with van der Waals surface area (Å²) >= 11 is 0. The number of hydrogen-bond acceptors (Lipinski definition) is 15. The van der Waals surface area contributed by atoms with Gasteiger partial charge in [0.05, 0.1) is 26.4 Å². The molecule has 0 radical (unpaired) electrons. The summed E-state index contributed by atoms with van der Waals surface area (Å²) in [7, 11) is -9.92. The molecule has 3 N–H and O–H groups in total. The minimum atomic E-state index is -4.96. The Hall–Kier alpha value is -1.94. The Morgan fingerprint density at radius 2 is 0.451 bits per heavy atom. The third kappa shape index (κ3) is 76.3. The molecule has 102 heavy (non-hydrogen) atoms. The van der Waals surface area contributed by atoms with E-state index in [1.807, 2.05) is 0 Å². The van der Waals surface area contributed by atoms with Crippen molar-refractivity contribution in [1.82, 2.24) is 0 Å². The molecule has 0 saturated heterocycles. The highest BCUT2D eigenvalue weighted by Crippen LogP contribution is 2.45. The fourth-order valence-corrected chi connectivity index (χ4v) is 14.4. The minimum Gasteiger partial charge on any atom is -0.462 e. The number of phosphoric ester groups is 2. The first kappa shape index (κ1) is 100. The number of carbonyl (C=O) groups is 4. The van der Waals surface area contributed by atoms with Gasteiger partial charge >= 0.3 is 39.5 Å². The van der Waals surface area contributed by atoms with Crippen molar-refractivity contribution in [2.24, 2.45) is 17.8 Å². The average Bonchev–Trinajstić information content (AvgIpc) is 0.969. The van der Waals surface area contributed by atoms with Crippen molar-refractivity contribution in [3.63, 3.8) is 0 Å². The number of aliphatic hydroxyl groups excluding tert-OH is 1. The van der Waals surface area contributed by atoms with Crippen LogP contribution in [-0.2, 0) is 65.4 Å². The molecule has 19 heteroatoms. The van der Waals surface area contributed by atoms with Crippen molar-refractivity contribution in [2.75, 3.05) is 39.6 Å². The van der Waals surface area contributed by atoms with E-state index in [1.54, 1.807) is 0 Å². The van der Waals surface area contributed by atoms with Gasteiger partial charge < -0.3 is 33.8 Å². The second kappa shape index (κ2) is 73.2. The third-order valence-electron chi connectivity index (χ3n) is 19.4. The van der Waals surface area contributed by atoms with Crippen molar-refractivity contribution < 1.29 is 80.2 Å². The van der Waals surface area contributed by atoms with Crippen LogP contribution in [0.4, 0.5) is 0 Å². The molecule has 2 unspecified atom stereocenters. The molecule has 0 aromatic carbocycles. The molecule has 5 atom stereocenters. The quantitative estimate of drug-likeness (QED) is 0.0222. The Balaban J connectivity index is 5.22. The number of esters is 4. The van der Waals surface area contributed by atoms with Gasteiger partial charge in [0, 0.05) is 25.7 Å². The van der Waals surface area contributed by atoms with Gasteiger partial charge in [-0.1, -0.05) is 382 Å². The molecule has 0 aromatic rings. The highest BCUT2D eigenvalue weighted by atomic mass is 31.2. The first-order chi connectivity index (χ1) is 49.2. The Morgan fingerprint density at radius 3 is 0.667 bits per heavy atom. The lowest BCUT2D eigenvalue weighted by Gasteiger charge is -2.21. The Bertz CT molecular complexity index is 1970. The summed E-state index contributed by atoms with van der Waals surface area (Å²) in [5.41, 5.74) is 0. The summed E-state index contributed by atoms with van der Waals surface area (Å²) in [5.74, 6) is 0.173. The third-order valence-corrected chi connectivity index (χ3v) is 21.3. The van der Waals surface area contributed by atoms with Gasteiger partial charge in [-0.15, -0.1) is 0 Å². The summed E-state index contributed by atoms with van der Waals surface area (Å²) in [6.45, 7) is 11.9. The van der Waals surface area contributed by atoms with Gasteiger partial charge in [-0.3, -0.25) is 37.3 Å². The molecule has 0 rings (SSSR count). The number of unbranched alkanes of at least 4 members (excludes halogenated alkanes) is 49. The van der Waals surface area contributed by atoms with Crippen molar-refractivity contribution >= 4 is 39.5 Å². The molecule has 0 aromatic heterocycles. The monoisotopic (exact) mass is 1490 g/mol. The van der Waals surface area contributed by atoms with Crippen LogP contribution in [0.2, 0.25) is 0 Å². The molecule has 17 nitrogen and oxygen atoms in total. The fourth-order valence-electron chi connectivity index (χ4n) is 12.8. The molecule has 0 fully saturated rings. The summed E-state index contributed by atoms with van der Waals surface area (Å²) < 4.78 is 68.8. The number of hydrogen-bond donors (Lipinski definition) is 3. The second-order valence-corrected chi connectivity index (χ2v) is 34.2. The summed E-state index contributed by atoms with van der Waals surface area (Å²) in [6.07, 6.45) is 62.6. The summed E-state index contributed by atoms with van der Waals surface area (Å²) in [6, 6.07) is 0. The van der Waals surface area contributed by atoms with E-state index in [4.69, 9.17) is 37.0 Å². The first-order valence-corrected chi connectivity index (χ1v) is 45.8. The SMILES string of the molecule is CCCCCCCCCCCCCCCCCCCCC(=O)OC[C@H](COP(=O)(O)OC[C@@H](O)COP(=O)(O)OC[C@@H](COC(=O)CCCCCCCCCCC(C)C)OC(=O)CCCCCCCCCCCC(C)C)OC(=O)CCCCCCCCCCCCCCCCCCCCC(C)C. The zero-order valence-electron chi connectivity index (χ0n) is 67.1. The maximum atomic E-state index is 13.1. The lowest BCUT2D eigenvalue weighted by atomic mass is 10.0. The number of aliphatic hydroxyl groups is 1. The van der Waals surface area contributed by atoms with Gasteiger partial charge in [-0.25, -0.2) is 9.13 Å². The predicted molar refractivity (Wildman–Crippen MR) is 418 cm³/mol. The fraction of sp³-hybridized carbons (Fsp3) is 0.952. The summed E-state index contributed by atoms with van der Waals surface area (Å²) in [4.78, 5) is 73.1. The molecule has 606 valence electrons. The topological polar surface area (TPSA) is 237 Å². The van der Waals surface area contributed by atoms with Gasteiger partial charge in [0.2, 0.25) is 0 Å². The minimum absolute atomic E-state index is 0.105. The van der Waals surface area contributed by atoms with Gasteiger partial charge in [-0.2, -0.15) is 0 Å². The van der Waals surface area contributed by atoms with E-state index in [0.717, 1.165) is 108 Å². The molecule has 0 saturated carbocycles. The van der Waals surface area contributed by atoms with Crippen molar-refractivity contribution in [3.8, 4) is 0 Å². The molecule has 0 amide bonds. The van der Waals surface area contributed by atoms with E-state index in [1.165, 1.54) is 244 Å². The molecular formula is C83H162O17P2. The van der Waals surface area contributed by atoms with E-state index in [2.05, 4.69) is 48.5 Å². The van der Waals surface area contributed by atoms with Crippen LogP contribution >= 0.6 is 15.6 Å². The van der Waals surface area contributed by atoms with Gasteiger partial charge in [0.1, 0.15) is 19.3 Å². The van der Waals surface area contributed by atoms with Crippen molar-refractivity contribution in [3.05, 3.63) is 0 Å². The van der Waals surface area contributed by atoms with Crippen LogP contribution in [0.5, 0.6) is 0 Å². The predicted octanol–water partition coefficient (Wildman–Crippen LogP) is 24.9. The number of rotatable bonds is 81. The smallest absolute Gasteiger partial charge is 0.462 e. The van der Waals surface area contributed by atoms with Gasteiger partial charge in [-0.05, 0) is 43.4 Å². The lowest BCUT2D eigenvalue weighted by molar-refractivity contribution is -0.161. The normalized spacial score (nSPS) is 13.9. The zero-order chi connectivity index (χ0) is 75.1. The maximum Gasteiger partial charge on any atom is 0.472 e. The highest BCUT2D eigenvalue weighted by Gasteiger charge is 2.30. The molecule has 0 heterocycles. The van der Waals surface area contributed by atoms with Crippen molar-refractivity contribution in [1.29, 1.82) is 0 Å². The van der Waals surface area contributed by atoms with Crippen LogP contribution < -0.4 is 0 Å². The van der Waals surface area contributed by atoms with Gasteiger partial charge in [0.15, 0.2) is 12.2 Å². The summed E-state index contributed by atoms with van der Waals surface area (Å²) in [5, 5.41) is 10.6. The Labute approximate surface area is 626 Å². The van der Waals surface area contributed by atoms with E-state index in [-0.39, 0.29) is 25.7 Å². The van der Waals surface area contributed by atoms with E-state index < -0.39 is 97.5 Å². The molecule has 0 bridgehead atoms. The Kier molecular flexibility index (Phi) is 71.8. The first-order valence-electron chi connectivity index (χ1n) is 42.8. The van der Waals surface area contributed by atoms with E-state index in [0.29, 0.717) is 25.7 Å². The van der Waals surface area contributed by atoms with Crippen LogP contribution in [-0.4, -0.2) is 96.7 Å². The van der Waals surface area contributed by atoms with Crippen LogP contribution in [0, 0.1) is 17.8 Å². The molecular weight excluding hydrogens is 1330 g/mol.